The molecule has 0 amide bonds. The van der Waals surface area contributed by atoms with Gasteiger partial charge in [0.15, 0.2) is 0 Å². The Morgan fingerprint density at radius 2 is 2.20 bits per heavy atom. The number of ether oxygens (including phenoxy) is 1. The van der Waals surface area contributed by atoms with Crippen molar-refractivity contribution >= 4 is 0 Å². The average Bonchev–Trinajstić information content (AvgIpc) is 2.44. The standard InChI is InChI=1S/C17H28N2O/c1-14-6-5-9-19(15(14)2)10-11-20-17-8-4-7-16(12-17)13-18-3/h4,7-8,12,14-15,18H,5-6,9-11,13H2,1-3H3. The molecule has 1 aromatic carbocycles. The van der Waals surface area contributed by atoms with Crippen molar-refractivity contribution in [1.29, 1.82) is 0 Å². The smallest absolute Gasteiger partial charge is 0.119 e. The number of hydrogen-bond donors (Lipinski definition) is 1. The van der Waals surface area contributed by atoms with Gasteiger partial charge in [-0.3, -0.25) is 4.90 Å². The lowest BCUT2D eigenvalue weighted by Crippen LogP contribution is -2.44. The Kier molecular flexibility index (Phi) is 5.86. The second kappa shape index (κ2) is 7.65. The van der Waals surface area contributed by atoms with Crippen LogP contribution in [0.2, 0.25) is 0 Å². The maximum absolute atomic E-state index is 5.91. The van der Waals surface area contributed by atoms with E-state index >= 15 is 0 Å². The molecular formula is C17H28N2O. The molecule has 2 rings (SSSR count). The van der Waals surface area contributed by atoms with Gasteiger partial charge < -0.3 is 10.1 Å². The van der Waals surface area contributed by atoms with E-state index in [4.69, 9.17) is 4.74 Å². The number of rotatable bonds is 6. The number of likely N-dealkylation sites (tertiary alicyclic amines) is 1. The maximum Gasteiger partial charge on any atom is 0.119 e. The lowest BCUT2D eigenvalue weighted by atomic mass is 9.92. The molecule has 20 heavy (non-hydrogen) atoms. The predicted octanol–water partition coefficient (Wildman–Crippen LogP) is 2.91. The van der Waals surface area contributed by atoms with Crippen molar-refractivity contribution in [2.45, 2.75) is 39.3 Å². The van der Waals surface area contributed by atoms with Gasteiger partial charge in [-0.15, -0.1) is 0 Å². The summed E-state index contributed by atoms with van der Waals surface area (Å²) in [4.78, 5) is 2.56. The van der Waals surface area contributed by atoms with Gasteiger partial charge in [-0.25, -0.2) is 0 Å². The molecule has 1 N–H and O–H groups in total. The summed E-state index contributed by atoms with van der Waals surface area (Å²) in [5.74, 6) is 1.79. The van der Waals surface area contributed by atoms with Crippen molar-refractivity contribution in [2.75, 3.05) is 26.7 Å². The molecular weight excluding hydrogens is 248 g/mol. The summed E-state index contributed by atoms with van der Waals surface area (Å²) in [5, 5.41) is 3.17. The fourth-order valence-corrected chi connectivity index (χ4v) is 2.97. The molecule has 1 heterocycles. The van der Waals surface area contributed by atoms with Gasteiger partial charge in [-0.1, -0.05) is 19.1 Å². The first-order valence-corrected chi connectivity index (χ1v) is 7.81. The monoisotopic (exact) mass is 276 g/mol. The first-order chi connectivity index (χ1) is 9.70. The van der Waals surface area contributed by atoms with Gasteiger partial charge in [-0.05, 0) is 57.0 Å². The number of benzene rings is 1. The van der Waals surface area contributed by atoms with E-state index in [9.17, 15) is 0 Å². The van der Waals surface area contributed by atoms with E-state index in [1.165, 1.54) is 24.9 Å². The largest absolute Gasteiger partial charge is 0.492 e. The SMILES string of the molecule is CNCc1cccc(OCCN2CCCC(C)C2C)c1. The summed E-state index contributed by atoms with van der Waals surface area (Å²) in [6, 6.07) is 9.04. The summed E-state index contributed by atoms with van der Waals surface area (Å²) in [5.41, 5.74) is 1.27. The van der Waals surface area contributed by atoms with Crippen LogP contribution < -0.4 is 10.1 Å². The van der Waals surface area contributed by atoms with Gasteiger partial charge in [0.25, 0.3) is 0 Å². The Labute approximate surface area is 123 Å². The van der Waals surface area contributed by atoms with Crippen LogP contribution in [0.25, 0.3) is 0 Å². The van der Waals surface area contributed by atoms with Crippen LogP contribution in [-0.4, -0.2) is 37.7 Å². The van der Waals surface area contributed by atoms with E-state index in [0.29, 0.717) is 6.04 Å². The third-order valence-electron chi connectivity index (χ3n) is 4.43. The molecule has 0 radical (unpaired) electrons. The summed E-state index contributed by atoms with van der Waals surface area (Å²) in [6.45, 7) is 8.62. The van der Waals surface area contributed by atoms with Crippen molar-refractivity contribution < 1.29 is 4.74 Å². The molecule has 1 fully saturated rings. The van der Waals surface area contributed by atoms with Crippen LogP contribution in [0.3, 0.4) is 0 Å². The molecule has 0 bridgehead atoms. The molecule has 1 aromatic rings. The van der Waals surface area contributed by atoms with Crippen molar-refractivity contribution in [3.05, 3.63) is 29.8 Å². The third-order valence-corrected chi connectivity index (χ3v) is 4.43. The van der Waals surface area contributed by atoms with Gasteiger partial charge in [0, 0.05) is 19.1 Å². The highest BCUT2D eigenvalue weighted by Gasteiger charge is 2.23. The minimum Gasteiger partial charge on any atom is -0.492 e. The number of nitrogens with one attached hydrogen (secondary N) is 1. The average molecular weight is 276 g/mol. The Morgan fingerprint density at radius 1 is 1.35 bits per heavy atom. The second-order valence-corrected chi connectivity index (χ2v) is 5.92. The molecule has 1 saturated heterocycles. The van der Waals surface area contributed by atoms with Crippen LogP contribution >= 0.6 is 0 Å². The highest BCUT2D eigenvalue weighted by atomic mass is 16.5. The van der Waals surface area contributed by atoms with Crippen LogP contribution in [-0.2, 0) is 6.54 Å². The number of hydrogen-bond acceptors (Lipinski definition) is 3. The summed E-state index contributed by atoms with van der Waals surface area (Å²) >= 11 is 0. The first-order valence-electron chi connectivity index (χ1n) is 7.81. The van der Waals surface area contributed by atoms with E-state index in [-0.39, 0.29) is 0 Å². The zero-order chi connectivity index (χ0) is 14.4. The predicted molar refractivity (Wildman–Crippen MR) is 84.1 cm³/mol. The van der Waals surface area contributed by atoms with E-state index < -0.39 is 0 Å². The zero-order valence-electron chi connectivity index (χ0n) is 13.1. The van der Waals surface area contributed by atoms with E-state index in [1.807, 2.05) is 13.1 Å². The summed E-state index contributed by atoms with van der Waals surface area (Å²) < 4.78 is 5.91. The van der Waals surface area contributed by atoms with Gasteiger partial charge in [0.05, 0.1) is 0 Å². The maximum atomic E-state index is 5.91. The van der Waals surface area contributed by atoms with Crippen LogP contribution in [0.5, 0.6) is 5.75 Å². The molecule has 0 aromatic heterocycles. The molecule has 0 saturated carbocycles. The Hall–Kier alpha value is -1.06. The number of nitrogens with zero attached hydrogens (tertiary/aromatic N) is 1. The molecule has 2 atom stereocenters. The second-order valence-electron chi connectivity index (χ2n) is 5.92. The van der Waals surface area contributed by atoms with Crippen LogP contribution in [0.1, 0.15) is 32.3 Å². The molecule has 2 unspecified atom stereocenters. The van der Waals surface area contributed by atoms with Crippen molar-refractivity contribution in [3.63, 3.8) is 0 Å². The van der Waals surface area contributed by atoms with Gasteiger partial charge in [0.1, 0.15) is 12.4 Å². The third kappa shape index (κ3) is 4.22. The van der Waals surface area contributed by atoms with Crippen LogP contribution in [0, 0.1) is 5.92 Å². The Balaban J connectivity index is 1.79. The van der Waals surface area contributed by atoms with E-state index in [1.54, 1.807) is 0 Å². The van der Waals surface area contributed by atoms with Crippen molar-refractivity contribution in [1.82, 2.24) is 10.2 Å². The molecule has 112 valence electrons. The molecule has 3 nitrogen and oxygen atoms in total. The highest BCUT2D eigenvalue weighted by Crippen LogP contribution is 2.22. The van der Waals surface area contributed by atoms with Crippen molar-refractivity contribution in [2.24, 2.45) is 5.92 Å². The summed E-state index contributed by atoms with van der Waals surface area (Å²) in [6.07, 6.45) is 2.69. The topological polar surface area (TPSA) is 24.5 Å². The first kappa shape index (κ1) is 15.3. The van der Waals surface area contributed by atoms with Crippen molar-refractivity contribution in [3.8, 4) is 5.75 Å². The normalized spacial score (nSPS) is 23.8. The van der Waals surface area contributed by atoms with Crippen LogP contribution in [0.15, 0.2) is 24.3 Å². The minimum absolute atomic E-state index is 0.683. The lowest BCUT2D eigenvalue weighted by Gasteiger charge is -2.37. The minimum atomic E-state index is 0.683. The quantitative estimate of drug-likeness (QED) is 0.864. The van der Waals surface area contributed by atoms with E-state index in [2.05, 4.69) is 42.3 Å². The molecule has 0 spiro atoms. The highest BCUT2D eigenvalue weighted by molar-refractivity contribution is 5.28. The molecule has 1 aliphatic rings. The number of piperidine rings is 1. The van der Waals surface area contributed by atoms with Gasteiger partial charge in [0.2, 0.25) is 0 Å². The fourth-order valence-electron chi connectivity index (χ4n) is 2.97. The molecule has 1 aliphatic heterocycles. The van der Waals surface area contributed by atoms with E-state index in [0.717, 1.165) is 31.4 Å². The van der Waals surface area contributed by atoms with Gasteiger partial charge >= 0.3 is 0 Å². The Bertz CT molecular complexity index is 408. The summed E-state index contributed by atoms with van der Waals surface area (Å²) in [7, 11) is 1.96. The van der Waals surface area contributed by atoms with Gasteiger partial charge in [-0.2, -0.15) is 0 Å². The zero-order valence-corrected chi connectivity index (χ0v) is 13.1. The van der Waals surface area contributed by atoms with Crippen LogP contribution in [0.4, 0.5) is 0 Å². The fraction of sp³-hybridized carbons (Fsp3) is 0.647. The molecule has 3 heteroatoms. The lowest BCUT2D eigenvalue weighted by molar-refractivity contribution is 0.0958. The molecule has 0 aliphatic carbocycles. The Morgan fingerprint density at radius 3 is 3.00 bits per heavy atom.